The molecule has 0 heterocycles. The van der Waals surface area contributed by atoms with Gasteiger partial charge >= 0.3 is 16.4 Å². The molecule has 0 saturated carbocycles. The van der Waals surface area contributed by atoms with Gasteiger partial charge in [-0.3, -0.25) is 0 Å². The molecule has 0 aromatic heterocycles. The van der Waals surface area contributed by atoms with Crippen LogP contribution >= 0.6 is 10.4 Å². The Bertz CT molecular complexity index is 167. The fourth-order valence-corrected chi connectivity index (χ4v) is 0.570. The van der Waals surface area contributed by atoms with Crippen LogP contribution in [-0.4, -0.2) is 6.03 Å². The molecule has 3 N–H and O–H groups in total. The summed E-state index contributed by atoms with van der Waals surface area (Å²) >= 11 is 0. The standard InChI is InChI=1S/CH3F5N2OS/c2-10(3,4,5,6)8-1(7)9/h(H3,7,8,9). The van der Waals surface area contributed by atoms with E-state index in [2.05, 4.69) is 5.73 Å². The van der Waals surface area contributed by atoms with Gasteiger partial charge in [-0.25, -0.2) is 9.52 Å². The second-order valence-electron chi connectivity index (χ2n) is 1.44. The second-order valence-corrected chi connectivity index (χ2v) is 3.58. The molecule has 0 aliphatic rings. The summed E-state index contributed by atoms with van der Waals surface area (Å²) in [7, 11) is -9.83. The van der Waals surface area contributed by atoms with E-state index in [-0.39, 0.29) is 0 Å². The molecule has 0 radical (unpaired) electrons. The van der Waals surface area contributed by atoms with Crippen LogP contribution in [0.2, 0.25) is 0 Å². The minimum absolute atomic E-state index is 0.542. The average molecular weight is 186 g/mol. The molecule has 0 rings (SSSR count). The van der Waals surface area contributed by atoms with E-state index in [4.69, 9.17) is 0 Å². The van der Waals surface area contributed by atoms with Crippen LogP contribution < -0.4 is 10.5 Å². The van der Waals surface area contributed by atoms with Crippen LogP contribution in [0.1, 0.15) is 0 Å². The summed E-state index contributed by atoms with van der Waals surface area (Å²) in [6.45, 7) is 0. The molecule has 0 spiro atoms. The fourth-order valence-electron chi connectivity index (χ4n) is 0.190. The minimum Gasteiger partial charge on any atom is -0.351 e. The second kappa shape index (κ2) is 1.31. The first kappa shape index (κ1) is 9.27. The molecule has 10 heavy (non-hydrogen) atoms. The Morgan fingerprint density at radius 3 is 1.50 bits per heavy atom. The van der Waals surface area contributed by atoms with Gasteiger partial charge in [0.05, 0.1) is 0 Å². The van der Waals surface area contributed by atoms with Crippen molar-refractivity contribution in [2.24, 2.45) is 5.73 Å². The summed E-state index contributed by atoms with van der Waals surface area (Å²) in [5.74, 6) is 0. The molecule has 2 amide bonds. The smallest absolute Gasteiger partial charge is 0.351 e. The largest absolute Gasteiger partial charge is 0.365 e. The highest BCUT2D eigenvalue weighted by atomic mass is 32.5. The summed E-state index contributed by atoms with van der Waals surface area (Å²) < 4.78 is 54.7. The molecule has 0 unspecified atom stereocenters. The molecule has 0 aliphatic heterocycles. The first-order valence-electron chi connectivity index (χ1n) is 1.72. The number of carbonyl (C=O) groups is 1. The number of primary amides is 1. The summed E-state index contributed by atoms with van der Waals surface area (Å²) in [6, 6.07) is -2.32. The van der Waals surface area contributed by atoms with Crippen LogP contribution in [-0.2, 0) is 0 Å². The predicted molar refractivity (Wildman–Crippen MR) is 25.9 cm³/mol. The number of amides is 2. The molecular formula is CH3F5N2OS. The quantitative estimate of drug-likeness (QED) is 0.603. The molecule has 0 saturated heterocycles. The number of urea groups is 1. The van der Waals surface area contributed by atoms with E-state index in [0.717, 1.165) is 0 Å². The van der Waals surface area contributed by atoms with E-state index in [1.165, 1.54) is 0 Å². The number of nitrogens with one attached hydrogen (secondary N) is 1. The topological polar surface area (TPSA) is 55.1 Å². The molecule has 0 bridgehead atoms. The Morgan fingerprint density at radius 2 is 1.50 bits per heavy atom. The lowest BCUT2D eigenvalue weighted by Gasteiger charge is -2.39. The van der Waals surface area contributed by atoms with Gasteiger partial charge in [-0.2, -0.15) is 0 Å². The molecule has 0 atom stereocenters. The Balaban J connectivity index is 4.59. The normalized spacial score (nSPS) is 18.9. The zero-order valence-electron chi connectivity index (χ0n) is 4.28. The molecule has 0 fully saturated rings. The van der Waals surface area contributed by atoms with Crippen molar-refractivity contribution in [1.29, 1.82) is 0 Å². The van der Waals surface area contributed by atoms with Crippen molar-refractivity contribution in [2.45, 2.75) is 0 Å². The van der Waals surface area contributed by atoms with Crippen LogP contribution in [0.3, 0.4) is 0 Å². The highest BCUT2D eigenvalue weighted by molar-refractivity contribution is 8.44. The maximum absolute atomic E-state index is 11.1. The minimum atomic E-state index is -9.83. The number of halogens is 5. The van der Waals surface area contributed by atoms with Crippen molar-refractivity contribution < 1.29 is 24.2 Å². The Labute approximate surface area is 52.2 Å². The van der Waals surface area contributed by atoms with Gasteiger partial charge in [-0.05, 0) is 0 Å². The van der Waals surface area contributed by atoms with Crippen LogP contribution in [0.5, 0.6) is 0 Å². The maximum atomic E-state index is 11.1. The van der Waals surface area contributed by atoms with Crippen LogP contribution in [0.15, 0.2) is 0 Å². The van der Waals surface area contributed by atoms with E-state index in [0.29, 0.717) is 0 Å². The summed E-state index contributed by atoms with van der Waals surface area (Å²) in [5.41, 5.74) is 3.83. The van der Waals surface area contributed by atoms with Crippen molar-refractivity contribution in [1.82, 2.24) is 4.72 Å². The van der Waals surface area contributed by atoms with Crippen molar-refractivity contribution in [3.63, 3.8) is 0 Å². The van der Waals surface area contributed by atoms with Gasteiger partial charge in [0, 0.05) is 0 Å². The van der Waals surface area contributed by atoms with Gasteiger partial charge in [0.1, 0.15) is 0 Å². The zero-order chi connectivity index (χ0) is 8.69. The Hall–Kier alpha value is -0.730. The molecule has 9 heteroatoms. The van der Waals surface area contributed by atoms with Crippen molar-refractivity contribution in [3.8, 4) is 0 Å². The van der Waals surface area contributed by atoms with Crippen LogP contribution in [0, 0.1) is 0 Å². The maximum Gasteiger partial charge on any atom is 0.365 e. The van der Waals surface area contributed by atoms with E-state index in [9.17, 15) is 24.2 Å². The van der Waals surface area contributed by atoms with Crippen molar-refractivity contribution >= 4 is 16.4 Å². The van der Waals surface area contributed by atoms with E-state index in [1.54, 1.807) is 0 Å². The lowest BCUT2D eigenvalue weighted by molar-refractivity contribution is 0.247. The third kappa shape index (κ3) is 7.27. The van der Waals surface area contributed by atoms with Gasteiger partial charge in [0.2, 0.25) is 0 Å². The number of carbonyl (C=O) groups excluding carboxylic acids is 1. The van der Waals surface area contributed by atoms with E-state index < -0.39 is 21.2 Å². The molecule has 64 valence electrons. The molecule has 0 aromatic carbocycles. The lowest BCUT2D eigenvalue weighted by atomic mass is 11.2. The van der Waals surface area contributed by atoms with E-state index >= 15 is 0 Å². The third-order valence-electron chi connectivity index (χ3n) is 0.293. The molecular weight excluding hydrogens is 183 g/mol. The van der Waals surface area contributed by atoms with Gasteiger partial charge in [-0.1, -0.05) is 19.4 Å². The van der Waals surface area contributed by atoms with Crippen molar-refractivity contribution in [2.75, 3.05) is 0 Å². The zero-order valence-corrected chi connectivity index (χ0v) is 5.10. The molecule has 0 aliphatic carbocycles. The first-order valence-corrected chi connectivity index (χ1v) is 3.67. The lowest BCUT2D eigenvalue weighted by Crippen LogP contribution is -2.37. The summed E-state index contributed by atoms with van der Waals surface area (Å²) in [6.07, 6.45) is 0. The third-order valence-corrected chi connectivity index (χ3v) is 0.880. The molecule has 3 nitrogen and oxygen atoms in total. The van der Waals surface area contributed by atoms with Gasteiger partial charge in [-0.15, -0.1) is 0 Å². The number of hydrogen-bond acceptors (Lipinski definition) is 1. The highest BCUT2D eigenvalue weighted by Crippen LogP contribution is 2.94. The van der Waals surface area contributed by atoms with Gasteiger partial charge in [0.15, 0.2) is 0 Å². The number of rotatable bonds is 1. The SMILES string of the molecule is NC(=O)NS(F)(F)(F)(F)F. The van der Waals surface area contributed by atoms with Gasteiger partial charge < -0.3 is 5.73 Å². The van der Waals surface area contributed by atoms with Crippen LogP contribution in [0.25, 0.3) is 0 Å². The summed E-state index contributed by atoms with van der Waals surface area (Å²) in [4.78, 5) is 9.37. The average Bonchev–Trinajstić information content (AvgIpc) is 1.12. The monoisotopic (exact) mass is 186 g/mol. The summed E-state index contributed by atoms with van der Waals surface area (Å²) in [5, 5.41) is 0. The Kier molecular flexibility index (Phi) is 1.21. The van der Waals surface area contributed by atoms with Gasteiger partial charge in [0.25, 0.3) is 0 Å². The number of nitrogens with two attached hydrogens (primary N) is 1. The van der Waals surface area contributed by atoms with Crippen LogP contribution in [0.4, 0.5) is 24.2 Å². The fraction of sp³-hybridized carbons (Fsp3) is 0. The molecule has 0 aromatic rings. The predicted octanol–water partition coefficient (Wildman–Crippen LogP) is 1.87. The highest BCUT2D eigenvalue weighted by Gasteiger charge is 2.64. The van der Waals surface area contributed by atoms with E-state index in [1.807, 2.05) is 0 Å². The van der Waals surface area contributed by atoms with Crippen molar-refractivity contribution in [3.05, 3.63) is 0 Å². The Morgan fingerprint density at radius 1 is 1.20 bits per heavy atom. The number of hydrogen-bond donors (Lipinski definition) is 2. The first-order chi connectivity index (χ1) is 3.89.